The minimum atomic E-state index is 0.551. The van der Waals surface area contributed by atoms with Gasteiger partial charge in [-0.1, -0.05) is 17.7 Å². The van der Waals surface area contributed by atoms with E-state index in [1.54, 1.807) is 0 Å². The summed E-state index contributed by atoms with van der Waals surface area (Å²) in [6.45, 7) is 2.75. The molecule has 1 fully saturated rings. The Kier molecular flexibility index (Phi) is 4.38. The van der Waals surface area contributed by atoms with Crippen LogP contribution in [0.5, 0.6) is 0 Å². The molecule has 2 rings (SSSR count). The average molecular weight is 257 g/mol. The molecule has 0 saturated carbocycles. The number of halogens is 1. The lowest BCUT2D eigenvalue weighted by molar-refractivity contribution is 0.816. The van der Waals surface area contributed by atoms with E-state index in [0.717, 1.165) is 29.4 Å². The molecule has 1 aliphatic heterocycles. The fraction of sp³-hybridized carbons (Fsp3) is 0.500. The second-order valence-electron chi connectivity index (χ2n) is 3.94. The minimum absolute atomic E-state index is 0.551. The molecule has 88 valence electrons. The molecule has 16 heavy (non-hydrogen) atoms. The summed E-state index contributed by atoms with van der Waals surface area (Å²) in [6, 6.07) is 6.15. The Balaban J connectivity index is 2.18. The number of nitrogens with zero attached hydrogens (tertiary/aromatic N) is 1. The maximum absolute atomic E-state index is 6.29. The van der Waals surface area contributed by atoms with E-state index in [1.165, 1.54) is 17.9 Å². The summed E-state index contributed by atoms with van der Waals surface area (Å²) in [7, 11) is 0. The molecule has 0 atom stereocenters. The molecule has 0 bridgehead atoms. The number of nitrogens with two attached hydrogens (primary N) is 1. The summed E-state index contributed by atoms with van der Waals surface area (Å²) in [4.78, 5) is 2.38. The Morgan fingerprint density at radius 3 is 2.94 bits per heavy atom. The van der Waals surface area contributed by atoms with E-state index >= 15 is 0 Å². The van der Waals surface area contributed by atoms with Crippen molar-refractivity contribution in [2.24, 2.45) is 5.73 Å². The summed E-state index contributed by atoms with van der Waals surface area (Å²) < 4.78 is 0. The molecule has 0 radical (unpaired) electrons. The van der Waals surface area contributed by atoms with Gasteiger partial charge in [0.1, 0.15) is 0 Å². The number of hydrogen-bond acceptors (Lipinski definition) is 3. The van der Waals surface area contributed by atoms with Crippen LogP contribution < -0.4 is 10.6 Å². The second-order valence-corrected chi connectivity index (χ2v) is 5.57. The van der Waals surface area contributed by atoms with Crippen molar-refractivity contribution in [3.05, 3.63) is 28.8 Å². The van der Waals surface area contributed by atoms with Crippen molar-refractivity contribution in [3.8, 4) is 0 Å². The van der Waals surface area contributed by atoms with Gasteiger partial charge in [-0.15, -0.1) is 0 Å². The van der Waals surface area contributed by atoms with Gasteiger partial charge in [0.15, 0.2) is 0 Å². The van der Waals surface area contributed by atoms with Crippen LogP contribution in [0.2, 0.25) is 5.02 Å². The quantitative estimate of drug-likeness (QED) is 0.882. The predicted molar refractivity (Wildman–Crippen MR) is 73.5 cm³/mol. The topological polar surface area (TPSA) is 29.3 Å². The van der Waals surface area contributed by atoms with E-state index in [1.807, 2.05) is 17.8 Å². The summed E-state index contributed by atoms with van der Waals surface area (Å²) in [5.74, 6) is 2.45. The van der Waals surface area contributed by atoms with Gasteiger partial charge >= 0.3 is 0 Å². The van der Waals surface area contributed by atoms with Crippen LogP contribution in [0.4, 0.5) is 5.69 Å². The largest absolute Gasteiger partial charge is 0.369 e. The highest BCUT2D eigenvalue weighted by molar-refractivity contribution is 7.99. The Morgan fingerprint density at radius 1 is 1.31 bits per heavy atom. The van der Waals surface area contributed by atoms with Gasteiger partial charge < -0.3 is 10.6 Å². The van der Waals surface area contributed by atoms with Crippen LogP contribution in [0, 0.1) is 0 Å². The highest BCUT2D eigenvalue weighted by Gasteiger charge is 2.12. The summed E-state index contributed by atoms with van der Waals surface area (Å²) >= 11 is 8.31. The first kappa shape index (κ1) is 12.1. The molecule has 1 aromatic carbocycles. The lowest BCUT2D eigenvalue weighted by Crippen LogP contribution is -2.25. The molecule has 0 unspecified atom stereocenters. The van der Waals surface area contributed by atoms with Crippen LogP contribution >= 0.6 is 23.4 Å². The SMILES string of the molecule is NCc1ccc(N2CCCSCC2)c(Cl)c1. The lowest BCUT2D eigenvalue weighted by Gasteiger charge is -2.23. The fourth-order valence-electron chi connectivity index (χ4n) is 1.92. The van der Waals surface area contributed by atoms with Crippen molar-refractivity contribution >= 4 is 29.1 Å². The Labute approximate surface area is 106 Å². The van der Waals surface area contributed by atoms with Crippen LogP contribution in [-0.2, 0) is 6.54 Å². The fourth-order valence-corrected chi connectivity index (χ4v) is 3.13. The zero-order valence-corrected chi connectivity index (χ0v) is 10.9. The van der Waals surface area contributed by atoms with Crippen molar-refractivity contribution in [1.29, 1.82) is 0 Å². The van der Waals surface area contributed by atoms with Crippen molar-refractivity contribution in [1.82, 2.24) is 0 Å². The monoisotopic (exact) mass is 256 g/mol. The minimum Gasteiger partial charge on any atom is -0.369 e. The maximum atomic E-state index is 6.29. The van der Waals surface area contributed by atoms with Crippen LogP contribution in [0.1, 0.15) is 12.0 Å². The van der Waals surface area contributed by atoms with Crippen molar-refractivity contribution in [2.75, 3.05) is 29.5 Å². The molecule has 1 saturated heterocycles. The van der Waals surface area contributed by atoms with E-state index in [0.29, 0.717) is 6.54 Å². The number of rotatable bonds is 2. The van der Waals surface area contributed by atoms with Gasteiger partial charge in [0, 0.05) is 25.4 Å². The van der Waals surface area contributed by atoms with E-state index in [2.05, 4.69) is 17.0 Å². The zero-order valence-electron chi connectivity index (χ0n) is 9.29. The molecule has 1 heterocycles. The molecule has 4 heteroatoms. The first-order valence-corrected chi connectivity index (χ1v) is 7.15. The van der Waals surface area contributed by atoms with Gasteiger partial charge in [0.2, 0.25) is 0 Å². The second kappa shape index (κ2) is 5.80. The number of anilines is 1. The van der Waals surface area contributed by atoms with Gasteiger partial charge in [-0.2, -0.15) is 11.8 Å². The standard InChI is InChI=1S/C12H17ClN2S/c13-11-8-10(9-14)2-3-12(11)15-4-1-6-16-7-5-15/h2-3,8H,1,4-7,9,14H2. The van der Waals surface area contributed by atoms with E-state index in [4.69, 9.17) is 17.3 Å². The van der Waals surface area contributed by atoms with Crippen molar-refractivity contribution < 1.29 is 0 Å². The van der Waals surface area contributed by atoms with Crippen LogP contribution in [0.15, 0.2) is 18.2 Å². The first-order valence-electron chi connectivity index (χ1n) is 5.62. The van der Waals surface area contributed by atoms with Crippen LogP contribution in [-0.4, -0.2) is 24.6 Å². The number of hydrogen-bond donors (Lipinski definition) is 1. The molecule has 0 spiro atoms. The molecule has 2 nitrogen and oxygen atoms in total. The smallest absolute Gasteiger partial charge is 0.0642 e. The molecule has 1 aromatic rings. The normalized spacial score (nSPS) is 17.2. The van der Waals surface area contributed by atoms with E-state index in [-0.39, 0.29) is 0 Å². The Morgan fingerprint density at radius 2 is 2.19 bits per heavy atom. The molecular weight excluding hydrogens is 240 g/mol. The van der Waals surface area contributed by atoms with Gasteiger partial charge in [0.25, 0.3) is 0 Å². The highest BCUT2D eigenvalue weighted by atomic mass is 35.5. The Hall–Kier alpha value is -0.380. The zero-order chi connectivity index (χ0) is 11.4. The van der Waals surface area contributed by atoms with Crippen LogP contribution in [0.25, 0.3) is 0 Å². The Bertz CT molecular complexity index is 349. The maximum Gasteiger partial charge on any atom is 0.0642 e. The molecule has 0 aromatic heterocycles. The van der Waals surface area contributed by atoms with E-state index in [9.17, 15) is 0 Å². The molecule has 0 amide bonds. The molecule has 2 N–H and O–H groups in total. The van der Waals surface area contributed by atoms with E-state index < -0.39 is 0 Å². The van der Waals surface area contributed by atoms with Gasteiger partial charge in [0.05, 0.1) is 10.7 Å². The summed E-state index contributed by atoms with van der Waals surface area (Å²) in [5.41, 5.74) is 7.85. The lowest BCUT2D eigenvalue weighted by atomic mass is 10.2. The molecule has 0 aliphatic carbocycles. The molecular formula is C12H17ClN2S. The molecule has 1 aliphatic rings. The van der Waals surface area contributed by atoms with Gasteiger partial charge in [-0.3, -0.25) is 0 Å². The van der Waals surface area contributed by atoms with Gasteiger partial charge in [-0.25, -0.2) is 0 Å². The summed E-state index contributed by atoms with van der Waals surface area (Å²) in [5, 5.41) is 0.829. The van der Waals surface area contributed by atoms with Crippen molar-refractivity contribution in [2.45, 2.75) is 13.0 Å². The third kappa shape index (κ3) is 2.84. The average Bonchev–Trinajstić information content (AvgIpc) is 2.57. The third-order valence-corrected chi connectivity index (χ3v) is 4.16. The van der Waals surface area contributed by atoms with Crippen molar-refractivity contribution in [3.63, 3.8) is 0 Å². The number of benzene rings is 1. The van der Waals surface area contributed by atoms with Crippen LogP contribution in [0.3, 0.4) is 0 Å². The highest BCUT2D eigenvalue weighted by Crippen LogP contribution is 2.28. The summed E-state index contributed by atoms with van der Waals surface area (Å²) in [6.07, 6.45) is 1.24. The predicted octanol–water partition coefficient (Wildman–Crippen LogP) is 2.74. The first-order chi connectivity index (χ1) is 7.81. The number of thioether (sulfide) groups is 1. The van der Waals surface area contributed by atoms with Gasteiger partial charge in [-0.05, 0) is 29.9 Å². The third-order valence-electron chi connectivity index (χ3n) is 2.81.